The van der Waals surface area contributed by atoms with Gasteiger partial charge in [0.25, 0.3) is 0 Å². The maximum atomic E-state index is 4.33. The van der Waals surface area contributed by atoms with Crippen molar-refractivity contribution in [1.82, 2.24) is 14.9 Å². The predicted octanol–water partition coefficient (Wildman–Crippen LogP) is 2.50. The minimum Gasteiger partial charge on any atom is -0.333 e. The molecule has 2 fully saturated rings. The molecule has 3 heteroatoms. The van der Waals surface area contributed by atoms with E-state index in [0.29, 0.717) is 6.04 Å². The van der Waals surface area contributed by atoms with Gasteiger partial charge >= 0.3 is 0 Å². The van der Waals surface area contributed by atoms with E-state index in [9.17, 15) is 0 Å². The highest BCUT2D eigenvalue weighted by Gasteiger charge is 2.22. The Morgan fingerprint density at radius 1 is 1.25 bits per heavy atom. The first-order valence-corrected chi connectivity index (χ1v) is 6.67. The second-order valence-corrected chi connectivity index (χ2v) is 5.27. The summed E-state index contributed by atoms with van der Waals surface area (Å²) < 4.78 is 2.39. The monoisotopic (exact) mass is 219 g/mol. The standard InChI is InChI=1S/C13H21N3/c1-2-5-11(4-1)9-16-10-14-8-13(16)12-6-3-7-15-12/h8,10-12,15H,1-7,9H2/t12-/m0/s1. The molecule has 0 amide bonds. The molecule has 0 bridgehead atoms. The van der Waals surface area contributed by atoms with Crippen LogP contribution in [-0.4, -0.2) is 16.1 Å². The van der Waals surface area contributed by atoms with Crippen molar-refractivity contribution in [3.05, 3.63) is 18.2 Å². The van der Waals surface area contributed by atoms with Gasteiger partial charge in [-0.15, -0.1) is 0 Å². The predicted molar refractivity (Wildman–Crippen MR) is 64.2 cm³/mol. The summed E-state index contributed by atoms with van der Waals surface area (Å²) in [5.41, 5.74) is 1.41. The average molecular weight is 219 g/mol. The van der Waals surface area contributed by atoms with Crippen LogP contribution in [0.25, 0.3) is 0 Å². The molecule has 16 heavy (non-hydrogen) atoms. The van der Waals surface area contributed by atoms with E-state index in [4.69, 9.17) is 0 Å². The van der Waals surface area contributed by atoms with Crippen molar-refractivity contribution in [3.8, 4) is 0 Å². The molecule has 1 atom stereocenters. The lowest BCUT2D eigenvalue weighted by atomic mass is 10.1. The van der Waals surface area contributed by atoms with E-state index in [-0.39, 0.29) is 0 Å². The summed E-state index contributed by atoms with van der Waals surface area (Å²) in [5.74, 6) is 0.898. The number of hydrogen-bond acceptors (Lipinski definition) is 2. The number of aromatic nitrogens is 2. The molecule has 2 heterocycles. The average Bonchev–Trinajstić information content (AvgIpc) is 2.98. The van der Waals surface area contributed by atoms with E-state index in [1.807, 2.05) is 6.33 Å². The van der Waals surface area contributed by atoms with E-state index in [0.717, 1.165) is 5.92 Å². The third kappa shape index (κ3) is 2.01. The third-order valence-electron chi connectivity index (χ3n) is 4.09. The number of nitrogens with zero attached hydrogens (tertiary/aromatic N) is 2. The van der Waals surface area contributed by atoms with Gasteiger partial charge in [-0.05, 0) is 38.1 Å². The van der Waals surface area contributed by atoms with E-state index in [1.165, 1.54) is 57.3 Å². The molecule has 1 aromatic heterocycles. The molecule has 0 aromatic carbocycles. The van der Waals surface area contributed by atoms with Crippen molar-refractivity contribution in [2.24, 2.45) is 5.92 Å². The molecule has 1 saturated heterocycles. The first-order chi connectivity index (χ1) is 7.93. The second-order valence-electron chi connectivity index (χ2n) is 5.27. The Bertz CT molecular complexity index is 333. The lowest BCUT2D eigenvalue weighted by Crippen LogP contribution is -2.18. The highest BCUT2D eigenvalue weighted by molar-refractivity contribution is 5.07. The Kier molecular flexibility index (Phi) is 2.96. The van der Waals surface area contributed by atoms with Crippen LogP contribution in [0.5, 0.6) is 0 Å². The van der Waals surface area contributed by atoms with Gasteiger partial charge in [-0.3, -0.25) is 0 Å². The summed E-state index contributed by atoms with van der Waals surface area (Å²) in [7, 11) is 0. The van der Waals surface area contributed by atoms with Gasteiger partial charge in [0.15, 0.2) is 0 Å². The van der Waals surface area contributed by atoms with Crippen molar-refractivity contribution in [1.29, 1.82) is 0 Å². The summed E-state index contributed by atoms with van der Waals surface area (Å²) in [6.07, 6.45) is 12.3. The molecular formula is C13H21N3. The molecule has 1 aliphatic heterocycles. The van der Waals surface area contributed by atoms with E-state index in [1.54, 1.807) is 0 Å². The fourth-order valence-corrected chi connectivity index (χ4v) is 3.18. The summed E-state index contributed by atoms with van der Waals surface area (Å²) in [6, 6.07) is 0.559. The zero-order chi connectivity index (χ0) is 10.8. The minimum absolute atomic E-state index is 0.559. The third-order valence-corrected chi connectivity index (χ3v) is 4.09. The van der Waals surface area contributed by atoms with Crippen LogP contribution in [0, 0.1) is 5.92 Å². The Labute approximate surface area is 97.3 Å². The SMILES string of the molecule is c1ncn(CC2CCCC2)c1[C@@H]1CCCN1. The van der Waals surface area contributed by atoms with E-state index in [2.05, 4.69) is 21.1 Å². The van der Waals surface area contributed by atoms with Crippen molar-refractivity contribution < 1.29 is 0 Å². The number of rotatable bonds is 3. The normalized spacial score (nSPS) is 26.6. The summed E-state index contributed by atoms with van der Waals surface area (Å²) in [4.78, 5) is 4.33. The summed E-state index contributed by atoms with van der Waals surface area (Å²) in [5, 5.41) is 3.56. The van der Waals surface area contributed by atoms with Crippen molar-refractivity contribution in [2.45, 2.75) is 51.1 Å². The zero-order valence-corrected chi connectivity index (χ0v) is 9.86. The van der Waals surface area contributed by atoms with Crippen molar-refractivity contribution in [3.63, 3.8) is 0 Å². The Morgan fingerprint density at radius 2 is 2.12 bits per heavy atom. The fourth-order valence-electron chi connectivity index (χ4n) is 3.18. The smallest absolute Gasteiger partial charge is 0.0948 e. The van der Waals surface area contributed by atoms with Crippen LogP contribution in [0.4, 0.5) is 0 Å². The van der Waals surface area contributed by atoms with Gasteiger partial charge in [0.2, 0.25) is 0 Å². The Hall–Kier alpha value is -0.830. The maximum absolute atomic E-state index is 4.33. The van der Waals surface area contributed by atoms with Crippen molar-refractivity contribution in [2.75, 3.05) is 6.54 Å². The zero-order valence-electron chi connectivity index (χ0n) is 9.86. The second kappa shape index (κ2) is 4.58. The fraction of sp³-hybridized carbons (Fsp3) is 0.769. The molecule has 2 aliphatic rings. The molecule has 1 aliphatic carbocycles. The van der Waals surface area contributed by atoms with Gasteiger partial charge in [0, 0.05) is 18.8 Å². The van der Waals surface area contributed by atoms with Gasteiger partial charge in [-0.25, -0.2) is 4.98 Å². The maximum Gasteiger partial charge on any atom is 0.0948 e. The highest BCUT2D eigenvalue weighted by Crippen LogP contribution is 2.28. The lowest BCUT2D eigenvalue weighted by Gasteiger charge is -2.16. The molecule has 0 radical (unpaired) electrons. The molecule has 1 N–H and O–H groups in total. The number of hydrogen-bond donors (Lipinski definition) is 1. The van der Waals surface area contributed by atoms with Crippen LogP contribution in [0.2, 0.25) is 0 Å². The highest BCUT2D eigenvalue weighted by atomic mass is 15.1. The number of imidazole rings is 1. The van der Waals surface area contributed by atoms with Gasteiger partial charge < -0.3 is 9.88 Å². The first kappa shape index (κ1) is 10.3. The van der Waals surface area contributed by atoms with Crippen LogP contribution in [0.1, 0.15) is 50.3 Å². The lowest BCUT2D eigenvalue weighted by molar-refractivity contribution is 0.435. The van der Waals surface area contributed by atoms with Crippen LogP contribution >= 0.6 is 0 Å². The quantitative estimate of drug-likeness (QED) is 0.846. The molecule has 3 nitrogen and oxygen atoms in total. The first-order valence-electron chi connectivity index (χ1n) is 6.67. The van der Waals surface area contributed by atoms with Gasteiger partial charge in [0.1, 0.15) is 0 Å². The van der Waals surface area contributed by atoms with Gasteiger partial charge in [0.05, 0.1) is 12.0 Å². The van der Waals surface area contributed by atoms with Gasteiger partial charge in [-0.2, -0.15) is 0 Å². The minimum atomic E-state index is 0.559. The molecule has 3 rings (SSSR count). The molecular weight excluding hydrogens is 198 g/mol. The molecule has 0 unspecified atom stereocenters. The van der Waals surface area contributed by atoms with Gasteiger partial charge in [-0.1, -0.05) is 12.8 Å². The van der Waals surface area contributed by atoms with Crippen LogP contribution in [0.3, 0.4) is 0 Å². The van der Waals surface area contributed by atoms with Crippen LogP contribution in [0.15, 0.2) is 12.5 Å². The summed E-state index contributed by atoms with van der Waals surface area (Å²) in [6.45, 7) is 2.35. The molecule has 1 saturated carbocycles. The number of nitrogens with one attached hydrogen (secondary N) is 1. The van der Waals surface area contributed by atoms with Crippen molar-refractivity contribution >= 4 is 0 Å². The Balaban J connectivity index is 1.71. The topological polar surface area (TPSA) is 29.9 Å². The van der Waals surface area contributed by atoms with Crippen LogP contribution < -0.4 is 5.32 Å². The Morgan fingerprint density at radius 3 is 2.88 bits per heavy atom. The van der Waals surface area contributed by atoms with Crippen LogP contribution in [-0.2, 0) is 6.54 Å². The molecule has 0 spiro atoms. The van der Waals surface area contributed by atoms with E-state index < -0.39 is 0 Å². The van der Waals surface area contributed by atoms with E-state index >= 15 is 0 Å². The summed E-state index contributed by atoms with van der Waals surface area (Å²) >= 11 is 0. The molecule has 88 valence electrons. The molecule has 1 aromatic rings. The largest absolute Gasteiger partial charge is 0.333 e.